The van der Waals surface area contributed by atoms with Crippen molar-refractivity contribution < 1.29 is 29.8 Å². The molecule has 4 heteroatoms. The third-order valence-electron chi connectivity index (χ3n) is 1.25. The number of terminal acetylenes is 1. The van der Waals surface area contributed by atoms with Crippen LogP contribution in [0.3, 0.4) is 0 Å². The molecule has 4 nitrogen and oxygen atoms in total. The molecule has 0 aromatic heterocycles. The fourth-order valence-corrected chi connectivity index (χ4v) is 0.628. The molecule has 0 heterocycles. The number of rotatable bonds is 3. The average molecular weight is 228 g/mol. The topological polar surface area (TPSA) is 74.6 Å². The Bertz CT molecular complexity index is 523. The maximum atomic E-state index is 10.5. The lowest BCUT2D eigenvalue weighted by Crippen LogP contribution is -2.15. The molecule has 0 radical (unpaired) electrons. The van der Waals surface area contributed by atoms with Gasteiger partial charge in [-0.25, -0.2) is 0 Å². The SMILES string of the molecule is C#CC#CC#CC#CC(CC(=O)O)C(=O)O.[HH].[HH].[HH].[HH].[HH].[HH].[HH]. The minimum atomic E-state index is -1.30. The highest BCUT2D eigenvalue weighted by atomic mass is 16.4. The smallest absolute Gasteiger partial charge is 0.319 e. The Morgan fingerprint density at radius 1 is 1.12 bits per heavy atom. The molecule has 0 spiro atoms. The molecular weight excluding hydrogens is 208 g/mol. The summed E-state index contributed by atoms with van der Waals surface area (Å²) in [4.78, 5) is 20.8. The normalized spacial score (nSPS) is 8.69. The van der Waals surface area contributed by atoms with E-state index in [2.05, 4.69) is 35.5 Å². The molecule has 0 aliphatic rings. The van der Waals surface area contributed by atoms with E-state index in [1.165, 1.54) is 0 Å². The molecule has 0 aromatic rings. The zero-order chi connectivity index (χ0) is 12.4. The lowest BCUT2D eigenvalue weighted by molar-refractivity contribution is -0.146. The van der Waals surface area contributed by atoms with Gasteiger partial charge in [-0.3, -0.25) is 9.59 Å². The number of carbonyl (C=O) groups is 2. The van der Waals surface area contributed by atoms with E-state index in [4.69, 9.17) is 16.6 Å². The minimum absolute atomic E-state index is 0. The van der Waals surface area contributed by atoms with Gasteiger partial charge in [0.05, 0.1) is 6.42 Å². The molecule has 0 saturated carbocycles. The Morgan fingerprint density at radius 3 is 2.19 bits per heavy atom. The molecule has 0 bridgehead atoms. The largest absolute Gasteiger partial charge is 0.481 e. The van der Waals surface area contributed by atoms with E-state index in [9.17, 15) is 9.59 Å². The van der Waals surface area contributed by atoms with Crippen molar-refractivity contribution in [2.45, 2.75) is 6.42 Å². The molecule has 0 aliphatic heterocycles. The van der Waals surface area contributed by atoms with Gasteiger partial charge in [0.2, 0.25) is 0 Å². The molecular formula is C12H20O4. The maximum absolute atomic E-state index is 10.5. The van der Waals surface area contributed by atoms with Crippen LogP contribution in [-0.4, -0.2) is 22.2 Å². The predicted molar refractivity (Wildman–Crippen MR) is 70.3 cm³/mol. The summed E-state index contributed by atoms with van der Waals surface area (Å²) < 4.78 is 0. The van der Waals surface area contributed by atoms with Gasteiger partial charge >= 0.3 is 11.9 Å². The molecule has 0 aliphatic carbocycles. The van der Waals surface area contributed by atoms with Crippen LogP contribution < -0.4 is 0 Å². The van der Waals surface area contributed by atoms with Gasteiger partial charge in [0.15, 0.2) is 0 Å². The van der Waals surface area contributed by atoms with E-state index < -0.39 is 24.3 Å². The third kappa shape index (κ3) is 6.67. The molecule has 0 fully saturated rings. The summed E-state index contributed by atoms with van der Waals surface area (Å²) in [5.41, 5.74) is 0. The van der Waals surface area contributed by atoms with Crippen LogP contribution in [0.15, 0.2) is 0 Å². The highest BCUT2D eigenvalue weighted by Gasteiger charge is 2.17. The molecule has 0 saturated heterocycles. The van der Waals surface area contributed by atoms with Crippen LogP contribution in [0.2, 0.25) is 0 Å². The number of carboxylic acid groups (broad SMARTS) is 2. The van der Waals surface area contributed by atoms with Crippen molar-refractivity contribution in [3.05, 3.63) is 0 Å². The first-order valence-corrected chi connectivity index (χ1v) is 3.98. The highest BCUT2D eigenvalue weighted by Crippen LogP contribution is 2.00. The van der Waals surface area contributed by atoms with Gasteiger partial charge in [-0.15, -0.1) is 6.42 Å². The molecule has 0 aromatic carbocycles. The van der Waals surface area contributed by atoms with Gasteiger partial charge in [0.1, 0.15) is 5.92 Å². The first-order valence-electron chi connectivity index (χ1n) is 3.98. The van der Waals surface area contributed by atoms with E-state index in [1.807, 2.05) is 5.92 Å². The summed E-state index contributed by atoms with van der Waals surface area (Å²) in [5.74, 6) is 11.6. The number of hydrogen-bond acceptors (Lipinski definition) is 2. The fourth-order valence-electron chi connectivity index (χ4n) is 0.628. The molecule has 1 atom stereocenters. The summed E-state index contributed by atoms with van der Waals surface area (Å²) in [6.45, 7) is 0. The van der Waals surface area contributed by atoms with E-state index in [-0.39, 0.29) is 9.99 Å². The average Bonchev–Trinajstić information content (AvgIpc) is 2.20. The highest BCUT2D eigenvalue weighted by molar-refractivity contribution is 5.80. The monoisotopic (exact) mass is 228 g/mol. The van der Waals surface area contributed by atoms with E-state index in [1.54, 1.807) is 0 Å². The van der Waals surface area contributed by atoms with Crippen LogP contribution in [0.25, 0.3) is 0 Å². The Labute approximate surface area is 103 Å². The van der Waals surface area contributed by atoms with Crippen molar-refractivity contribution in [2.75, 3.05) is 0 Å². The summed E-state index contributed by atoms with van der Waals surface area (Å²) in [5, 5.41) is 17.0. The standard InChI is InChI=1S/C12H6O4.7H2/c1-2-3-4-5-6-7-8-10(12(15)16)9-11(13)14;;;;;;;/h1,10H,9H2,(H,13,14)(H,15,16);7*1H. The van der Waals surface area contributed by atoms with Crippen molar-refractivity contribution in [1.82, 2.24) is 0 Å². The van der Waals surface area contributed by atoms with Crippen LogP contribution in [-0.2, 0) is 9.59 Å². The number of carboxylic acids is 2. The second-order valence-electron chi connectivity index (χ2n) is 2.40. The molecule has 1 unspecified atom stereocenters. The Hall–Kier alpha value is -2.82. The second kappa shape index (κ2) is 7.57. The predicted octanol–water partition coefficient (Wildman–Crippen LogP) is 1.53. The number of aliphatic carboxylic acids is 2. The van der Waals surface area contributed by atoms with Crippen LogP contribution in [0.1, 0.15) is 16.4 Å². The molecule has 0 rings (SSSR count). The van der Waals surface area contributed by atoms with Gasteiger partial charge in [0.25, 0.3) is 0 Å². The Morgan fingerprint density at radius 2 is 1.69 bits per heavy atom. The first kappa shape index (κ1) is 13.2. The first-order chi connectivity index (χ1) is 7.57. The van der Waals surface area contributed by atoms with Crippen LogP contribution >= 0.6 is 0 Å². The molecule has 92 valence electrons. The minimum Gasteiger partial charge on any atom is -0.481 e. The van der Waals surface area contributed by atoms with Gasteiger partial charge in [-0.1, -0.05) is 5.92 Å². The van der Waals surface area contributed by atoms with Gasteiger partial charge in [-0.05, 0) is 35.5 Å². The lowest BCUT2D eigenvalue weighted by atomic mass is 10.1. The van der Waals surface area contributed by atoms with Crippen molar-refractivity contribution in [3.63, 3.8) is 0 Å². The summed E-state index contributed by atoms with van der Waals surface area (Å²) >= 11 is 0. The third-order valence-corrected chi connectivity index (χ3v) is 1.25. The fraction of sp³-hybridized carbons (Fsp3) is 0.167. The number of hydrogen-bond donors (Lipinski definition) is 2. The summed E-state index contributed by atoms with van der Waals surface area (Å²) in [6, 6.07) is 0. The zero-order valence-electron chi connectivity index (χ0n) is 8.07. The van der Waals surface area contributed by atoms with E-state index in [0.29, 0.717) is 0 Å². The lowest BCUT2D eigenvalue weighted by Gasteiger charge is -1.98. The van der Waals surface area contributed by atoms with Crippen LogP contribution in [0.5, 0.6) is 0 Å². The van der Waals surface area contributed by atoms with Crippen molar-refractivity contribution in [3.8, 4) is 47.9 Å². The maximum Gasteiger partial charge on any atom is 0.319 e. The van der Waals surface area contributed by atoms with Gasteiger partial charge in [-0.2, -0.15) is 0 Å². The second-order valence-corrected chi connectivity index (χ2v) is 2.40. The van der Waals surface area contributed by atoms with E-state index >= 15 is 0 Å². The van der Waals surface area contributed by atoms with Crippen LogP contribution in [0, 0.1) is 53.8 Å². The molecule has 16 heavy (non-hydrogen) atoms. The van der Waals surface area contributed by atoms with E-state index in [0.717, 1.165) is 0 Å². The van der Waals surface area contributed by atoms with Gasteiger partial charge in [0, 0.05) is 9.99 Å². The quantitative estimate of drug-likeness (QED) is 0.718. The summed E-state index contributed by atoms with van der Waals surface area (Å²) in [7, 11) is 0. The van der Waals surface area contributed by atoms with Crippen molar-refractivity contribution in [2.24, 2.45) is 5.92 Å². The molecule has 0 amide bonds. The zero-order valence-corrected chi connectivity index (χ0v) is 8.07. The van der Waals surface area contributed by atoms with Crippen molar-refractivity contribution >= 4 is 11.9 Å². The Kier molecular flexibility index (Phi) is 6.24. The molecule has 2 N–H and O–H groups in total. The van der Waals surface area contributed by atoms with Gasteiger partial charge < -0.3 is 10.2 Å². The Balaban J connectivity index is -0.0000000536. The van der Waals surface area contributed by atoms with Crippen LogP contribution in [0.4, 0.5) is 0 Å². The van der Waals surface area contributed by atoms with Crippen molar-refractivity contribution in [1.29, 1.82) is 0 Å². The summed E-state index contributed by atoms with van der Waals surface area (Å²) in [6.07, 6.45) is 4.25.